The fraction of sp³-hybridized carbons (Fsp3) is 0.286. The zero-order chi connectivity index (χ0) is 9.68. The highest BCUT2D eigenvalue weighted by Gasteiger charge is 2.01. The Hall–Kier alpha value is -1.85. The summed E-state index contributed by atoms with van der Waals surface area (Å²) in [6.45, 7) is 0.151. The molecule has 0 bridgehead atoms. The van der Waals surface area contributed by atoms with Crippen LogP contribution in [0.15, 0.2) is 12.5 Å². The summed E-state index contributed by atoms with van der Waals surface area (Å²) < 4.78 is 0. The molecule has 1 amide bonds. The lowest BCUT2D eigenvalue weighted by Gasteiger charge is -2.05. The predicted molar refractivity (Wildman–Crippen MR) is 49.0 cm³/mol. The van der Waals surface area contributed by atoms with Gasteiger partial charge in [0.2, 0.25) is 5.91 Å². The van der Waals surface area contributed by atoms with Gasteiger partial charge in [0.25, 0.3) is 0 Å². The van der Waals surface area contributed by atoms with Crippen LogP contribution >= 0.6 is 0 Å². The van der Waals surface area contributed by atoms with E-state index in [2.05, 4.69) is 20.6 Å². The maximum absolute atomic E-state index is 10.8. The molecule has 1 heterocycles. The maximum atomic E-state index is 10.8. The summed E-state index contributed by atoms with van der Waals surface area (Å²) in [5.74, 6) is 0.344. The molecule has 0 atom stereocenters. The SMILES string of the molecule is CNC(=O)CNc1ncncc1N. The minimum atomic E-state index is -0.127. The van der Waals surface area contributed by atoms with E-state index in [1.54, 1.807) is 7.05 Å². The van der Waals surface area contributed by atoms with Crippen LogP contribution in [0, 0.1) is 0 Å². The van der Waals surface area contributed by atoms with E-state index < -0.39 is 0 Å². The molecule has 6 heteroatoms. The van der Waals surface area contributed by atoms with E-state index in [-0.39, 0.29) is 12.5 Å². The van der Waals surface area contributed by atoms with Gasteiger partial charge in [0.05, 0.1) is 18.4 Å². The largest absolute Gasteiger partial charge is 0.394 e. The van der Waals surface area contributed by atoms with Crippen molar-refractivity contribution >= 4 is 17.4 Å². The van der Waals surface area contributed by atoms with Gasteiger partial charge >= 0.3 is 0 Å². The standard InChI is InChI=1S/C7H11N5O/c1-9-6(13)3-11-7-5(8)2-10-4-12-7/h2,4H,3,8H2,1H3,(H,9,13)(H,10,11,12). The van der Waals surface area contributed by atoms with Crippen molar-refractivity contribution in [3.8, 4) is 0 Å². The number of nitrogens with zero attached hydrogens (tertiary/aromatic N) is 2. The quantitative estimate of drug-likeness (QED) is 0.568. The zero-order valence-electron chi connectivity index (χ0n) is 7.24. The van der Waals surface area contributed by atoms with E-state index >= 15 is 0 Å². The number of carbonyl (C=O) groups is 1. The third kappa shape index (κ3) is 2.58. The number of rotatable bonds is 3. The molecule has 6 nitrogen and oxygen atoms in total. The molecule has 0 unspecified atom stereocenters. The molecular formula is C7H11N5O. The van der Waals surface area contributed by atoms with Gasteiger partial charge in [0, 0.05) is 7.05 Å². The summed E-state index contributed by atoms with van der Waals surface area (Å²) in [5.41, 5.74) is 5.95. The Labute approximate surface area is 75.6 Å². The summed E-state index contributed by atoms with van der Waals surface area (Å²) in [7, 11) is 1.56. The number of nitrogens with two attached hydrogens (primary N) is 1. The first-order chi connectivity index (χ1) is 6.24. The van der Waals surface area contributed by atoms with Gasteiger partial charge in [-0.2, -0.15) is 0 Å². The first kappa shape index (κ1) is 9.24. The molecule has 0 fully saturated rings. The van der Waals surface area contributed by atoms with Crippen LogP contribution < -0.4 is 16.4 Å². The van der Waals surface area contributed by atoms with Crippen molar-refractivity contribution < 1.29 is 4.79 Å². The third-order valence-corrected chi connectivity index (χ3v) is 1.44. The highest BCUT2D eigenvalue weighted by atomic mass is 16.1. The number of nitrogen functional groups attached to an aromatic ring is 1. The second-order valence-electron chi connectivity index (χ2n) is 2.35. The fourth-order valence-corrected chi connectivity index (χ4v) is 0.740. The highest BCUT2D eigenvalue weighted by Crippen LogP contribution is 2.09. The second kappa shape index (κ2) is 4.24. The van der Waals surface area contributed by atoms with Crippen molar-refractivity contribution in [1.82, 2.24) is 15.3 Å². The van der Waals surface area contributed by atoms with Gasteiger partial charge in [-0.05, 0) is 0 Å². The first-order valence-corrected chi connectivity index (χ1v) is 3.74. The van der Waals surface area contributed by atoms with Crippen LogP contribution in [0.4, 0.5) is 11.5 Å². The van der Waals surface area contributed by atoms with E-state index in [0.29, 0.717) is 11.5 Å². The Morgan fingerprint density at radius 2 is 2.46 bits per heavy atom. The molecule has 0 aliphatic rings. The molecule has 0 saturated carbocycles. The normalized spacial score (nSPS) is 9.31. The third-order valence-electron chi connectivity index (χ3n) is 1.44. The lowest BCUT2D eigenvalue weighted by atomic mass is 10.4. The van der Waals surface area contributed by atoms with E-state index in [1.165, 1.54) is 12.5 Å². The Bertz CT molecular complexity index is 301. The molecule has 0 aliphatic carbocycles. The molecule has 13 heavy (non-hydrogen) atoms. The van der Waals surface area contributed by atoms with Crippen LogP contribution in [0.2, 0.25) is 0 Å². The Kier molecular flexibility index (Phi) is 3.02. The summed E-state index contributed by atoms with van der Waals surface area (Å²) in [6, 6.07) is 0. The molecule has 1 aromatic rings. The molecule has 0 saturated heterocycles. The van der Waals surface area contributed by atoms with Gasteiger partial charge in [-0.3, -0.25) is 4.79 Å². The number of anilines is 2. The van der Waals surface area contributed by atoms with Gasteiger partial charge < -0.3 is 16.4 Å². The predicted octanol–water partition coefficient (Wildman–Crippen LogP) is -0.783. The minimum absolute atomic E-state index is 0.127. The summed E-state index contributed by atoms with van der Waals surface area (Å²) >= 11 is 0. The molecule has 0 radical (unpaired) electrons. The minimum Gasteiger partial charge on any atom is -0.394 e. The Morgan fingerprint density at radius 1 is 1.69 bits per heavy atom. The van der Waals surface area contributed by atoms with Crippen LogP contribution in [0.25, 0.3) is 0 Å². The molecule has 1 rings (SSSR count). The lowest BCUT2D eigenvalue weighted by molar-refractivity contribution is -0.118. The highest BCUT2D eigenvalue weighted by molar-refractivity contribution is 5.80. The van der Waals surface area contributed by atoms with Gasteiger partial charge in [0.15, 0.2) is 5.82 Å². The van der Waals surface area contributed by atoms with Crippen molar-refractivity contribution in [2.45, 2.75) is 0 Å². The van der Waals surface area contributed by atoms with Crippen LogP contribution in [0.3, 0.4) is 0 Å². The number of nitrogens with one attached hydrogen (secondary N) is 2. The maximum Gasteiger partial charge on any atom is 0.239 e. The number of aromatic nitrogens is 2. The molecule has 4 N–H and O–H groups in total. The van der Waals surface area contributed by atoms with Gasteiger partial charge in [0.1, 0.15) is 6.33 Å². The van der Waals surface area contributed by atoms with Crippen LogP contribution in [0.5, 0.6) is 0 Å². The number of likely N-dealkylation sites (N-methyl/N-ethyl adjacent to an activating group) is 1. The topological polar surface area (TPSA) is 92.9 Å². The van der Waals surface area contributed by atoms with Gasteiger partial charge in [-0.1, -0.05) is 0 Å². The molecular weight excluding hydrogens is 170 g/mol. The Balaban J connectivity index is 2.54. The van der Waals surface area contributed by atoms with E-state index in [4.69, 9.17) is 5.73 Å². The number of hydrogen-bond donors (Lipinski definition) is 3. The van der Waals surface area contributed by atoms with Crippen LogP contribution in [-0.2, 0) is 4.79 Å². The van der Waals surface area contributed by atoms with E-state index in [0.717, 1.165) is 0 Å². The van der Waals surface area contributed by atoms with Gasteiger partial charge in [-0.25, -0.2) is 9.97 Å². The zero-order valence-corrected chi connectivity index (χ0v) is 7.24. The number of amides is 1. The lowest BCUT2D eigenvalue weighted by Crippen LogP contribution is -2.26. The molecule has 0 aromatic carbocycles. The monoisotopic (exact) mass is 181 g/mol. The average Bonchev–Trinajstić information content (AvgIpc) is 2.16. The van der Waals surface area contributed by atoms with Gasteiger partial charge in [-0.15, -0.1) is 0 Å². The average molecular weight is 181 g/mol. The van der Waals surface area contributed by atoms with Crippen LogP contribution in [-0.4, -0.2) is 29.5 Å². The summed E-state index contributed by atoms with van der Waals surface area (Å²) in [6.07, 6.45) is 2.84. The smallest absolute Gasteiger partial charge is 0.239 e. The van der Waals surface area contributed by atoms with E-state index in [1.807, 2.05) is 0 Å². The Morgan fingerprint density at radius 3 is 3.08 bits per heavy atom. The molecule has 70 valence electrons. The molecule has 0 aliphatic heterocycles. The fourth-order valence-electron chi connectivity index (χ4n) is 0.740. The first-order valence-electron chi connectivity index (χ1n) is 3.74. The number of hydrogen-bond acceptors (Lipinski definition) is 5. The van der Waals surface area contributed by atoms with Crippen molar-refractivity contribution in [3.05, 3.63) is 12.5 Å². The van der Waals surface area contributed by atoms with Crippen LogP contribution in [0.1, 0.15) is 0 Å². The van der Waals surface area contributed by atoms with Crippen molar-refractivity contribution in [1.29, 1.82) is 0 Å². The second-order valence-corrected chi connectivity index (χ2v) is 2.35. The molecule has 0 spiro atoms. The number of carbonyl (C=O) groups excluding carboxylic acids is 1. The molecule has 1 aromatic heterocycles. The summed E-state index contributed by atoms with van der Waals surface area (Å²) in [5, 5.41) is 5.24. The van der Waals surface area contributed by atoms with E-state index in [9.17, 15) is 4.79 Å². The van der Waals surface area contributed by atoms with Crippen molar-refractivity contribution in [3.63, 3.8) is 0 Å². The summed E-state index contributed by atoms with van der Waals surface area (Å²) in [4.78, 5) is 18.4. The van der Waals surface area contributed by atoms with Crippen molar-refractivity contribution in [2.24, 2.45) is 0 Å². The van der Waals surface area contributed by atoms with Crippen molar-refractivity contribution in [2.75, 3.05) is 24.6 Å².